The quantitative estimate of drug-likeness (QED) is 0.720. The molecule has 1 aliphatic rings. The minimum absolute atomic E-state index is 0.0173. The van der Waals surface area contributed by atoms with E-state index in [1.165, 1.54) is 0 Å². The highest BCUT2D eigenvalue weighted by Gasteiger charge is 2.32. The van der Waals surface area contributed by atoms with Crippen LogP contribution in [0, 0.1) is 11.3 Å². The number of carboxylic acid groups (broad SMARTS) is 1. The van der Waals surface area contributed by atoms with E-state index in [0.717, 1.165) is 32.1 Å². The predicted molar refractivity (Wildman–Crippen MR) is 83.6 cm³/mol. The molecule has 124 valence electrons. The van der Waals surface area contributed by atoms with Gasteiger partial charge >= 0.3 is 5.97 Å². The lowest BCUT2D eigenvalue weighted by atomic mass is 9.69. The average molecular weight is 319 g/mol. The minimum Gasteiger partial charge on any atom is -0.481 e. The molecule has 0 amide bonds. The molecule has 0 aromatic carbocycles. The number of nitrogens with one attached hydrogen (secondary N) is 1. The van der Waals surface area contributed by atoms with Crippen LogP contribution in [0.1, 0.15) is 65.7 Å². The van der Waals surface area contributed by atoms with Crippen LogP contribution in [0.2, 0.25) is 0 Å². The van der Waals surface area contributed by atoms with Crippen LogP contribution in [0.3, 0.4) is 0 Å². The Kier molecular flexibility index (Phi) is 6.66. The lowest BCUT2D eigenvalue weighted by molar-refractivity contribution is -0.137. The number of carboxylic acids is 1. The van der Waals surface area contributed by atoms with Crippen LogP contribution < -0.4 is 4.72 Å². The first-order valence-corrected chi connectivity index (χ1v) is 9.53. The highest BCUT2D eigenvalue weighted by molar-refractivity contribution is 7.89. The fourth-order valence-corrected chi connectivity index (χ4v) is 4.39. The van der Waals surface area contributed by atoms with Gasteiger partial charge in [-0.05, 0) is 43.4 Å². The van der Waals surface area contributed by atoms with E-state index in [4.69, 9.17) is 5.11 Å². The lowest BCUT2D eigenvalue weighted by Gasteiger charge is -2.39. The van der Waals surface area contributed by atoms with Crippen LogP contribution in [-0.4, -0.2) is 31.3 Å². The Morgan fingerprint density at radius 2 is 1.81 bits per heavy atom. The molecule has 0 aliphatic heterocycles. The number of carbonyl (C=O) groups is 1. The van der Waals surface area contributed by atoms with E-state index < -0.39 is 16.0 Å². The first-order chi connectivity index (χ1) is 9.66. The Morgan fingerprint density at radius 1 is 1.24 bits per heavy atom. The summed E-state index contributed by atoms with van der Waals surface area (Å²) < 4.78 is 26.6. The minimum atomic E-state index is -3.35. The Labute approximate surface area is 128 Å². The molecular weight excluding hydrogens is 290 g/mol. The summed E-state index contributed by atoms with van der Waals surface area (Å²) in [7, 11) is -3.35. The molecule has 21 heavy (non-hydrogen) atoms. The van der Waals surface area contributed by atoms with Gasteiger partial charge in [0.2, 0.25) is 10.0 Å². The third-order valence-electron chi connectivity index (χ3n) is 4.89. The van der Waals surface area contributed by atoms with E-state index in [-0.39, 0.29) is 24.6 Å². The van der Waals surface area contributed by atoms with Crippen LogP contribution in [0.25, 0.3) is 0 Å². The van der Waals surface area contributed by atoms with Crippen molar-refractivity contribution in [2.75, 3.05) is 5.75 Å². The molecule has 2 N–H and O–H groups in total. The molecule has 0 saturated heterocycles. The van der Waals surface area contributed by atoms with Gasteiger partial charge in [-0.1, -0.05) is 27.2 Å². The summed E-state index contributed by atoms with van der Waals surface area (Å²) in [6, 6.07) is 0.0173. The van der Waals surface area contributed by atoms with Gasteiger partial charge in [-0.15, -0.1) is 0 Å². The normalized spacial score (nSPS) is 24.0. The zero-order chi connectivity index (χ0) is 16.1. The second-order valence-electron chi connectivity index (χ2n) is 6.82. The third-order valence-corrected chi connectivity index (χ3v) is 6.41. The molecule has 1 aliphatic carbocycles. The van der Waals surface area contributed by atoms with Crippen molar-refractivity contribution in [2.45, 2.75) is 71.8 Å². The van der Waals surface area contributed by atoms with Crippen LogP contribution in [0.5, 0.6) is 0 Å². The summed E-state index contributed by atoms with van der Waals surface area (Å²) in [6.07, 6.45) is 5.09. The molecule has 1 rings (SSSR count). The van der Waals surface area contributed by atoms with E-state index >= 15 is 0 Å². The summed E-state index contributed by atoms with van der Waals surface area (Å²) in [6.45, 7) is 6.78. The number of aliphatic carboxylic acids is 1. The summed E-state index contributed by atoms with van der Waals surface area (Å²) in [5.74, 6) is -0.387. The van der Waals surface area contributed by atoms with Gasteiger partial charge in [-0.2, -0.15) is 0 Å². The highest BCUT2D eigenvalue weighted by Crippen LogP contribution is 2.40. The summed E-state index contributed by atoms with van der Waals surface area (Å²) in [5, 5.41) is 8.55. The van der Waals surface area contributed by atoms with E-state index in [9.17, 15) is 13.2 Å². The SMILES string of the molecule is CCC(C)(C)C1CCC(NS(=O)(=O)CCCC(=O)O)CC1. The molecule has 1 fully saturated rings. The van der Waals surface area contributed by atoms with E-state index in [2.05, 4.69) is 25.5 Å². The van der Waals surface area contributed by atoms with Gasteiger partial charge in [0.1, 0.15) is 0 Å². The monoisotopic (exact) mass is 319 g/mol. The van der Waals surface area contributed by atoms with Gasteiger partial charge in [0.25, 0.3) is 0 Å². The van der Waals surface area contributed by atoms with Gasteiger partial charge in [-0.25, -0.2) is 13.1 Å². The topological polar surface area (TPSA) is 83.5 Å². The van der Waals surface area contributed by atoms with Crippen LogP contribution in [-0.2, 0) is 14.8 Å². The molecule has 0 atom stereocenters. The second kappa shape index (κ2) is 7.58. The van der Waals surface area contributed by atoms with Crippen molar-refractivity contribution >= 4 is 16.0 Å². The fraction of sp³-hybridized carbons (Fsp3) is 0.933. The summed E-state index contributed by atoms with van der Waals surface area (Å²) in [5.41, 5.74) is 0.325. The Hall–Kier alpha value is -0.620. The summed E-state index contributed by atoms with van der Waals surface area (Å²) in [4.78, 5) is 10.4. The molecule has 0 unspecified atom stereocenters. The molecule has 0 bridgehead atoms. The van der Waals surface area contributed by atoms with E-state index in [1.807, 2.05) is 0 Å². The highest BCUT2D eigenvalue weighted by atomic mass is 32.2. The number of sulfonamides is 1. The standard InChI is InChI=1S/C15H29NO4S/c1-4-15(2,3)12-7-9-13(10-8-12)16-21(19,20)11-5-6-14(17)18/h12-13,16H,4-11H2,1-3H3,(H,17,18). The van der Waals surface area contributed by atoms with E-state index in [0.29, 0.717) is 11.3 Å². The summed E-state index contributed by atoms with van der Waals surface area (Å²) >= 11 is 0. The first-order valence-electron chi connectivity index (χ1n) is 7.88. The number of hydrogen-bond donors (Lipinski definition) is 2. The molecule has 0 heterocycles. The molecule has 1 saturated carbocycles. The van der Waals surface area contributed by atoms with Crippen molar-refractivity contribution in [3.05, 3.63) is 0 Å². The predicted octanol–water partition coefficient (Wildman–Crippen LogP) is 2.77. The maximum Gasteiger partial charge on any atom is 0.303 e. The van der Waals surface area contributed by atoms with Gasteiger partial charge < -0.3 is 5.11 Å². The van der Waals surface area contributed by atoms with Gasteiger partial charge in [0, 0.05) is 12.5 Å². The van der Waals surface area contributed by atoms with Gasteiger partial charge in [0.05, 0.1) is 5.75 Å². The Morgan fingerprint density at radius 3 is 2.29 bits per heavy atom. The van der Waals surface area contributed by atoms with Gasteiger partial charge in [-0.3, -0.25) is 4.79 Å². The van der Waals surface area contributed by atoms with Crippen LogP contribution in [0.4, 0.5) is 0 Å². The fourth-order valence-electron chi connectivity index (χ4n) is 3.01. The van der Waals surface area contributed by atoms with Crippen molar-refractivity contribution in [3.8, 4) is 0 Å². The van der Waals surface area contributed by atoms with Crippen molar-refractivity contribution in [2.24, 2.45) is 11.3 Å². The zero-order valence-corrected chi connectivity index (χ0v) is 14.2. The van der Waals surface area contributed by atoms with Crippen LogP contribution in [0.15, 0.2) is 0 Å². The van der Waals surface area contributed by atoms with Gasteiger partial charge in [0.15, 0.2) is 0 Å². The molecular formula is C15H29NO4S. The van der Waals surface area contributed by atoms with Crippen molar-refractivity contribution in [3.63, 3.8) is 0 Å². The molecule has 6 heteroatoms. The van der Waals surface area contributed by atoms with Crippen LogP contribution >= 0.6 is 0 Å². The zero-order valence-electron chi connectivity index (χ0n) is 13.4. The average Bonchev–Trinajstić information content (AvgIpc) is 2.38. The second-order valence-corrected chi connectivity index (χ2v) is 8.70. The number of rotatable bonds is 8. The lowest BCUT2D eigenvalue weighted by Crippen LogP contribution is -2.40. The molecule has 0 aromatic heterocycles. The Bertz CT molecular complexity index is 437. The van der Waals surface area contributed by atoms with E-state index in [1.54, 1.807) is 0 Å². The molecule has 5 nitrogen and oxygen atoms in total. The number of hydrogen-bond acceptors (Lipinski definition) is 3. The molecule has 0 radical (unpaired) electrons. The van der Waals surface area contributed by atoms with Crippen molar-refractivity contribution in [1.29, 1.82) is 0 Å². The molecule has 0 aromatic rings. The maximum atomic E-state index is 11.9. The third kappa shape index (κ3) is 6.34. The van der Waals surface area contributed by atoms with Crippen molar-refractivity contribution < 1.29 is 18.3 Å². The maximum absolute atomic E-state index is 11.9. The largest absolute Gasteiger partial charge is 0.481 e. The van der Waals surface area contributed by atoms with Crippen molar-refractivity contribution in [1.82, 2.24) is 4.72 Å². The Balaban J connectivity index is 2.39. The first kappa shape index (κ1) is 18.4. The smallest absolute Gasteiger partial charge is 0.303 e. The molecule has 0 spiro atoms.